The molecule has 1 rings (SSSR count). The van der Waals surface area contributed by atoms with E-state index in [-0.39, 0.29) is 13.2 Å². The highest BCUT2D eigenvalue weighted by Gasteiger charge is 2.01. The first-order chi connectivity index (χ1) is 6.76. The zero-order valence-electron chi connectivity index (χ0n) is 7.51. The fraction of sp³-hybridized carbons (Fsp3) is 0.333. The molecule has 1 unspecified atom stereocenters. The summed E-state index contributed by atoms with van der Waals surface area (Å²) in [5.74, 6) is 0. The average molecular weight is 193 g/mol. The number of nitrogens with one attached hydrogen (secondary N) is 1. The molecule has 0 spiro atoms. The molecule has 0 radical (unpaired) electrons. The van der Waals surface area contributed by atoms with Gasteiger partial charge in [0, 0.05) is 18.4 Å². The van der Waals surface area contributed by atoms with E-state index in [1.165, 1.54) is 6.20 Å². The van der Waals surface area contributed by atoms with Crippen molar-refractivity contribution in [1.82, 2.24) is 4.98 Å². The number of hydrogen-bond donors (Lipinski definition) is 3. The quantitative estimate of drug-likeness (QED) is 0.612. The summed E-state index contributed by atoms with van der Waals surface area (Å²) >= 11 is 0. The fourth-order valence-corrected chi connectivity index (χ4v) is 0.902. The monoisotopic (exact) mass is 193 g/mol. The summed E-state index contributed by atoms with van der Waals surface area (Å²) in [4.78, 5) is 3.79. The molecule has 0 bridgehead atoms. The summed E-state index contributed by atoms with van der Waals surface area (Å²) in [6.07, 6.45) is 0.709. The largest absolute Gasteiger partial charge is 0.394 e. The number of aliphatic hydroxyl groups excluding tert-OH is 2. The van der Waals surface area contributed by atoms with Gasteiger partial charge >= 0.3 is 0 Å². The normalized spacial score (nSPS) is 11.8. The highest BCUT2D eigenvalue weighted by atomic mass is 16.3. The van der Waals surface area contributed by atoms with E-state index in [0.29, 0.717) is 11.4 Å². The van der Waals surface area contributed by atoms with Gasteiger partial charge in [0.15, 0.2) is 0 Å². The number of anilines is 1. The Morgan fingerprint density at radius 1 is 1.64 bits per heavy atom. The molecule has 0 aliphatic heterocycles. The fourth-order valence-electron chi connectivity index (χ4n) is 0.902. The molecule has 0 saturated carbocycles. The molecule has 0 aromatic carbocycles. The second-order valence-corrected chi connectivity index (χ2v) is 2.76. The lowest BCUT2D eigenvalue weighted by atomic mass is 10.3. The highest BCUT2D eigenvalue weighted by molar-refractivity contribution is 5.45. The van der Waals surface area contributed by atoms with Crippen LogP contribution >= 0.6 is 0 Å². The third-order valence-electron chi connectivity index (χ3n) is 1.63. The van der Waals surface area contributed by atoms with E-state index in [9.17, 15) is 0 Å². The van der Waals surface area contributed by atoms with E-state index in [4.69, 9.17) is 15.5 Å². The molecule has 0 saturated heterocycles. The smallest absolute Gasteiger partial charge is 0.142 e. The molecule has 5 nitrogen and oxygen atoms in total. The molecule has 74 valence electrons. The van der Waals surface area contributed by atoms with Crippen LogP contribution in [0, 0.1) is 11.3 Å². The van der Waals surface area contributed by atoms with E-state index in [1.807, 2.05) is 6.07 Å². The maximum atomic E-state index is 9.05. The van der Waals surface area contributed by atoms with Gasteiger partial charge in [-0.25, -0.2) is 4.98 Å². The first kappa shape index (κ1) is 10.4. The SMILES string of the molecule is N#Cc1cc(NCC(O)CO)ccn1. The number of rotatable bonds is 4. The van der Waals surface area contributed by atoms with E-state index in [2.05, 4.69) is 10.3 Å². The Kier molecular flexibility index (Phi) is 3.85. The number of aliphatic hydroxyl groups is 2. The molecule has 3 N–H and O–H groups in total. The minimum atomic E-state index is -0.797. The standard InChI is InChI=1S/C9H11N3O2/c10-4-8-3-7(1-2-11-8)12-5-9(14)6-13/h1-3,9,13-14H,5-6H2,(H,11,12). The van der Waals surface area contributed by atoms with E-state index in [0.717, 1.165) is 0 Å². The van der Waals surface area contributed by atoms with Gasteiger partial charge in [0.25, 0.3) is 0 Å². The van der Waals surface area contributed by atoms with Crippen molar-refractivity contribution in [3.8, 4) is 6.07 Å². The Morgan fingerprint density at radius 2 is 2.43 bits per heavy atom. The Morgan fingerprint density at radius 3 is 3.07 bits per heavy atom. The minimum Gasteiger partial charge on any atom is -0.394 e. The summed E-state index contributed by atoms with van der Waals surface area (Å²) in [6.45, 7) is -0.0471. The number of nitrogens with zero attached hydrogens (tertiary/aromatic N) is 2. The van der Waals surface area contributed by atoms with Crippen LogP contribution in [0.2, 0.25) is 0 Å². The van der Waals surface area contributed by atoms with Crippen molar-refractivity contribution in [2.75, 3.05) is 18.5 Å². The molecule has 1 aromatic heterocycles. The van der Waals surface area contributed by atoms with Gasteiger partial charge in [0.1, 0.15) is 11.8 Å². The third-order valence-corrected chi connectivity index (χ3v) is 1.63. The van der Waals surface area contributed by atoms with Gasteiger partial charge in [-0.15, -0.1) is 0 Å². The topological polar surface area (TPSA) is 89.2 Å². The molecule has 0 aliphatic carbocycles. The molecule has 1 atom stereocenters. The number of aromatic nitrogens is 1. The first-order valence-electron chi connectivity index (χ1n) is 4.15. The summed E-state index contributed by atoms with van der Waals surface area (Å²) in [6, 6.07) is 5.16. The number of nitriles is 1. The minimum absolute atomic E-state index is 0.241. The zero-order chi connectivity index (χ0) is 10.4. The Balaban J connectivity index is 2.55. The van der Waals surface area contributed by atoms with Crippen LogP contribution in [0.3, 0.4) is 0 Å². The van der Waals surface area contributed by atoms with Crippen molar-refractivity contribution in [3.63, 3.8) is 0 Å². The lowest BCUT2D eigenvalue weighted by molar-refractivity contribution is 0.105. The molecule has 1 heterocycles. The molecule has 0 aliphatic rings. The van der Waals surface area contributed by atoms with E-state index >= 15 is 0 Å². The lowest BCUT2D eigenvalue weighted by Crippen LogP contribution is -2.22. The van der Waals surface area contributed by atoms with Crippen LogP contribution in [-0.4, -0.2) is 34.5 Å². The average Bonchev–Trinajstić information content (AvgIpc) is 2.26. The lowest BCUT2D eigenvalue weighted by Gasteiger charge is -2.09. The van der Waals surface area contributed by atoms with Gasteiger partial charge < -0.3 is 15.5 Å². The number of pyridine rings is 1. The van der Waals surface area contributed by atoms with E-state index in [1.54, 1.807) is 12.1 Å². The van der Waals surface area contributed by atoms with Crippen LogP contribution in [-0.2, 0) is 0 Å². The van der Waals surface area contributed by atoms with Crippen LogP contribution in [0.1, 0.15) is 5.69 Å². The molecular weight excluding hydrogens is 182 g/mol. The van der Waals surface area contributed by atoms with Gasteiger partial charge in [0.2, 0.25) is 0 Å². The maximum absolute atomic E-state index is 9.05. The van der Waals surface area contributed by atoms with Crippen molar-refractivity contribution in [2.24, 2.45) is 0 Å². The molecular formula is C9H11N3O2. The Hall–Kier alpha value is -1.64. The van der Waals surface area contributed by atoms with E-state index < -0.39 is 6.10 Å². The predicted octanol–water partition coefficient (Wildman–Crippen LogP) is -0.282. The molecule has 5 heteroatoms. The second kappa shape index (κ2) is 5.17. The summed E-state index contributed by atoms with van der Waals surface area (Å²) < 4.78 is 0. The summed E-state index contributed by atoms with van der Waals surface area (Å²) in [7, 11) is 0. The van der Waals surface area contributed by atoms with Crippen molar-refractivity contribution in [2.45, 2.75) is 6.10 Å². The van der Waals surface area contributed by atoms with Gasteiger partial charge in [-0.05, 0) is 12.1 Å². The second-order valence-electron chi connectivity index (χ2n) is 2.76. The zero-order valence-corrected chi connectivity index (χ0v) is 7.51. The van der Waals surface area contributed by atoms with Crippen molar-refractivity contribution < 1.29 is 10.2 Å². The molecule has 14 heavy (non-hydrogen) atoms. The molecule has 0 amide bonds. The molecule has 1 aromatic rings. The third kappa shape index (κ3) is 3.01. The predicted molar refractivity (Wildman–Crippen MR) is 50.5 cm³/mol. The Labute approximate surface area is 81.6 Å². The summed E-state index contributed by atoms with van der Waals surface area (Å²) in [5, 5.41) is 29.0. The van der Waals surface area contributed by atoms with Gasteiger partial charge in [-0.2, -0.15) is 5.26 Å². The number of hydrogen-bond acceptors (Lipinski definition) is 5. The van der Waals surface area contributed by atoms with Crippen LogP contribution in [0.5, 0.6) is 0 Å². The highest BCUT2D eigenvalue weighted by Crippen LogP contribution is 2.06. The van der Waals surface area contributed by atoms with Gasteiger partial charge in [0.05, 0.1) is 12.7 Å². The summed E-state index contributed by atoms with van der Waals surface area (Å²) in [5.41, 5.74) is 1.01. The Bertz CT molecular complexity index is 335. The van der Waals surface area contributed by atoms with Crippen molar-refractivity contribution >= 4 is 5.69 Å². The van der Waals surface area contributed by atoms with Crippen LogP contribution in [0.4, 0.5) is 5.69 Å². The van der Waals surface area contributed by atoms with Crippen LogP contribution in [0.25, 0.3) is 0 Å². The van der Waals surface area contributed by atoms with Gasteiger partial charge in [-0.3, -0.25) is 0 Å². The first-order valence-corrected chi connectivity index (χ1v) is 4.15. The van der Waals surface area contributed by atoms with Gasteiger partial charge in [-0.1, -0.05) is 0 Å². The van der Waals surface area contributed by atoms with Crippen LogP contribution in [0.15, 0.2) is 18.3 Å². The van der Waals surface area contributed by atoms with Crippen LogP contribution < -0.4 is 5.32 Å². The molecule has 0 fully saturated rings. The van der Waals surface area contributed by atoms with Crippen molar-refractivity contribution in [3.05, 3.63) is 24.0 Å². The van der Waals surface area contributed by atoms with Crippen molar-refractivity contribution in [1.29, 1.82) is 5.26 Å². The maximum Gasteiger partial charge on any atom is 0.142 e.